The lowest BCUT2D eigenvalue weighted by Gasteiger charge is -2.18. The van der Waals surface area contributed by atoms with E-state index in [9.17, 15) is 0 Å². The average molecular weight is 389 g/mol. The third kappa shape index (κ3) is 5.02. The standard InChI is InChI=1S/C23H28N6/c1-24-23(28-21-7-3-4-8-21)26-14-20-6-2-5-9-22(20)19-12-10-18(11-13-19)15-29-17-25-16-27-29/h2,5-6,9-13,16-17,21H,3-4,7-8,14-15H2,1H3,(H2,24,26,28). The molecular formula is C23H28N6. The fourth-order valence-electron chi connectivity index (χ4n) is 3.88. The summed E-state index contributed by atoms with van der Waals surface area (Å²) in [4.78, 5) is 8.40. The van der Waals surface area contributed by atoms with Crippen LogP contribution in [0.1, 0.15) is 36.8 Å². The van der Waals surface area contributed by atoms with E-state index in [0.29, 0.717) is 6.04 Å². The SMILES string of the molecule is CN=C(NCc1ccccc1-c1ccc(Cn2cncn2)cc1)NC1CCCC1. The van der Waals surface area contributed by atoms with Gasteiger partial charge in [0.15, 0.2) is 5.96 Å². The number of hydrogen-bond donors (Lipinski definition) is 2. The molecule has 0 aliphatic heterocycles. The number of aliphatic imine (C=N–C) groups is 1. The first-order chi connectivity index (χ1) is 14.3. The average Bonchev–Trinajstić information content (AvgIpc) is 3.46. The lowest BCUT2D eigenvalue weighted by molar-refractivity contribution is 0.613. The second kappa shape index (κ2) is 9.37. The summed E-state index contributed by atoms with van der Waals surface area (Å²) in [6.07, 6.45) is 8.39. The van der Waals surface area contributed by atoms with Gasteiger partial charge in [-0.05, 0) is 35.1 Å². The lowest BCUT2D eigenvalue weighted by atomic mass is 9.98. The molecule has 29 heavy (non-hydrogen) atoms. The van der Waals surface area contributed by atoms with Crippen LogP contribution >= 0.6 is 0 Å². The number of aromatic nitrogens is 3. The van der Waals surface area contributed by atoms with Crippen molar-refractivity contribution in [1.29, 1.82) is 0 Å². The number of nitrogens with one attached hydrogen (secondary N) is 2. The van der Waals surface area contributed by atoms with Gasteiger partial charge in [0.25, 0.3) is 0 Å². The maximum absolute atomic E-state index is 4.40. The molecule has 1 saturated carbocycles. The molecule has 3 aromatic rings. The monoisotopic (exact) mass is 388 g/mol. The minimum Gasteiger partial charge on any atom is -0.354 e. The number of guanidine groups is 1. The van der Waals surface area contributed by atoms with Gasteiger partial charge in [0.1, 0.15) is 12.7 Å². The molecule has 2 N–H and O–H groups in total. The van der Waals surface area contributed by atoms with E-state index in [1.54, 1.807) is 12.7 Å². The molecule has 4 rings (SSSR count). The van der Waals surface area contributed by atoms with Gasteiger partial charge in [0.2, 0.25) is 0 Å². The van der Waals surface area contributed by atoms with Gasteiger partial charge in [-0.15, -0.1) is 0 Å². The Morgan fingerprint density at radius 3 is 2.62 bits per heavy atom. The number of rotatable bonds is 6. The maximum atomic E-state index is 4.40. The molecule has 0 amide bonds. The van der Waals surface area contributed by atoms with Crippen molar-refractivity contribution in [2.24, 2.45) is 4.99 Å². The third-order valence-electron chi connectivity index (χ3n) is 5.46. The van der Waals surface area contributed by atoms with Crippen molar-refractivity contribution in [3.63, 3.8) is 0 Å². The van der Waals surface area contributed by atoms with Crippen molar-refractivity contribution >= 4 is 5.96 Å². The molecule has 1 heterocycles. The van der Waals surface area contributed by atoms with Gasteiger partial charge in [-0.3, -0.25) is 4.99 Å². The second-order valence-electron chi connectivity index (χ2n) is 7.50. The Hall–Kier alpha value is -3.15. The van der Waals surface area contributed by atoms with Crippen molar-refractivity contribution in [3.05, 3.63) is 72.3 Å². The zero-order valence-electron chi connectivity index (χ0n) is 16.9. The molecule has 6 heteroatoms. The first-order valence-electron chi connectivity index (χ1n) is 10.3. The second-order valence-corrected chi connectivity index (χ2v) is 7.50. The van der Waals surface area contributed by atoms with Gasteiger partial charge in [-0.2, -0.15) is 5.10 Å². The summed E-state index contributed by atoms with van der Waals surface area (Å²) < 4.78 is 1.83. The summed E-state index contributed by atoms with van der Waals surface area (Å²) in [5.74, 6) is 0.884. The Bertz CT molecular complexity index is 924. The highest BCUT2D eigenvalue weighted by atomic mass is 15.3. The van der Waals surface area contributed by atoms with Crippen LogP contribution in [0.2, 0.25) is 0 Å². The summed E-state index contributed by atoms with van der Waals surface area (Å²) in [7, 11) is 1.84. The van der Waals surface area contributed by atoms with Gasteiger partial charge in [0, 0.05) is 19.6 Å². The van der Waals surface area contributed by atoms with Crippen molar-refractivity contribution < 1.29 is 0 Å². The van der Waals surface area contributed by atoms with Gasteiger partial charge in [-0.25, -0.2) is 9.67 Å². The van der Waals surface area contributed by atoms with E-state index in [1.165, 1.54) is 47.9 Å². The van der Waals surface area contributed by atoms with Crippen molar-refractivity contribution in [3.8, 4) is 11.1 Å². The first kappa shape index (κ1) is 19.2. The van der Waals surface area contributed by atoms with Crippen LogP contribution in [0.15, 0.2) is 66.2 Å². The van der Waals surface area contributed by atoms with Crippen LogP contribution in [0.5, 0.6) is 0 Å². The summed E-state index contributed by atoms with van der Waals surface area (Å²) in [5.41, 5.74) is 4.91. The fourth-order valence-corrected chi connectivity index (χ4v) is 3.88. The molecule has 1 aliphatic carbocycles. The molecule has 2 aromatic carbocycles. The first-order valence-corrected chi connectivity index (χ1v) is 10.3. The highest BCUT2D eigenvalue weighted by Crippen LogP contribution is 2.24. The van der Waals surface area contributed by atoms with Crippen LogP contribution in [-0.4, -0.2) is 33.8 Å². The smallest absolute Gasteiger partial charge is 0.191 e. The van der Waals surface area contributed by atoms with Gasteiger partial charge < -0.3 is 10.6 Å². The maximum Gasteiger partial charge on any atom is 0.191 e. The van der Waals surface area contributed by atoms with E-state index in [1.807, 2.05) is 11.7 Å². The topological polar surface area (TPSA) is 67.1 Å². The highest BCUT2D eigenvalue weighted by Gasteiger charge is 2.16. The van der Waals surface area contributed by atoms with E-state index in [2.05, 4.69) is 74.2 Å². The minimum atomic E-state index is 0.550. The predicted octanol–water partition coefficient (Wildman–Crippen LogP) is 3.60. The zero-order chi connectivity index (χ0) is 19.9. The minimum absolute atomic E-state index is 0.550. The van der Waals surface area contributed by atoms with E-state index in [4.69, 9.17) is 0 Å². The van der Waals surface area contributed by atoms with Crippen molar-refractivity contribution in [2.45, 2.75) is 44.8 Å². The molecule has 0 atom stereocenters. The Labute approximate surface area is 172 Å². The quantitative estimate of drug-likeness (QED) is 0.500. The van der Waals surface area contributed by atoms with E-state index in [-0.39, 0.29) is 0 Å². The molecule has 0 saturated heterocycles. The lowest BCUT2D eigenvalue weighted by Crippen LogP contribution is -2.42. The number of benzene rings is 2. The molecular weight excluding hydrogens is 360 g/mol. The molecule has 0 radical (unpaired) electrons. The molecule has 0 spiro atoms. The predicted molar refractivity (Wildman–Crippen MR) is 117 cm³/mol. The number of nitrogens with zero attached hydrogens (tertiary/aromatic N) is 4. The largest absolute Gasteiger partial charge is 0.354 e. The Kier molecular flexibility index (Phi) is 6.19. The van der Waals surface area contributed by atoms with Crippen LogP contribution in [0, 0.1) is 0 Å². The Morgan fingerprint density at radius 2 is 1.90 bits per heavy atom. The summed E-state index contributed by atoms with van der Waals surface area (Å²) in [6.45, 7) is 1.47. The summed E-state index contributed by atoms with van der Waals surface area (Å²) in [5, 5.41) is 11.2. The normalized spacial score (nSPS) is 14.9. The molecule has 0 bridgehead atoms. The summed E-state index contributed by atoms with van der Waals surface area (Å²) in [6, 6.07) is 17.7. The number of hydrogen-bond acceptors (Lipinski definition) is 3. The highest BCUT2D eigenvalue weighted by molar-refractivity contribution is 5.80. The van der Waals surface area contributed by atoms with Gasteiger partial charge in [-0.1, -0.05) is 61.4 Å². The van der Waals surface area contributed by atoms with Crippen LogP contribution < -0.4 is 10.6 Å². The van der Waals surface area contributed by atoms with Crippen molar-refractivity contribution in [1.82, 2.24) is 25.4 Å². The van der Waals surface area contributed by atoms with Crippen LogP contribution in [0.4, 0.5) is 0 Å². The molecule has 1 aliphatic rings. The molecule has 6 nitrogen and oxygen atoms in total. The van der Waals surface area contributed by atoms with Crippen LogP contribution in [0.25, 0.3) is 11.1 Å². The Balaban J connectivity index is 1.43. The summed E-state index contributed by atoms with van der Waals surface area (Å²) >= 11 is 0. The van der Waals surface area contributed by atoms with Crippen LogP contribution in [-0.2, 0) is 13.1 Å². The van der Waals surface area contributed by atoms with E-state index in [0.717, 1.165) is 19.0 Å². The third-order valence-corrected chi connectivity index (χ3v) is 5.46. The molecule has 150 valence electrons. The zero-order valence-corrected chi connectivity index (χ0v) is 16.9. The molecule has 1 aromatic heterocycles. The molecule has 0 unspecified atom stereocenters. The van der Waals surface area contributed by atoms with E-state index < -0.39 is 0 Å². The Morgan fingerprint density at radius 1 is 1.10 bits per heavy atom. The fraction of sp³-hybridized carbons (Fsp3) is 0.348. The van der Waals surface area contributed by atoms with Crippen molar-refractivity contribution in [2.75, 3.05) is 7.05 Å². The molecule has 1 fully saturated rings. The van der Waals surface area contributed by atoms with Gasteiger partial charge >= 0.3 is 0 Å². The van der Waals surface area contributed by atoms with Crippen LogP contribution in [0.3, 0.4) is 0 Å². The van der Waals surface area contributed by atoms with E-state index >= 15 is 0 Å². The van der Waals surface area contributed by atoms with Gasteiger partial charge in [0.05, 0.1) is 6.54 Å².